The van der Waals surface area contributed by atoms with Crippen molar-refractivity contribution in [2.75, 3.05) is 26.4 Å². The van der Waals surface area contributed by atoms with Gasteiger partial charge in [-0.3, -0.25) is 4.79 Å². The van der Waals surface area contributed by atoms with Crippen LogP contribution < -0.4 is 5.32 Å². The van der Waals surface area contributed by atoms with Gasteiger partial charge in [-0.2, -0.15) is 0 Å². The minimum atomic E-state index is -0.183. The molecule has 5 heteroatoms. The number of hydrogen-bond donors (Lipinski definition) is 2. The predicted octanol–water partition coefficient (Wildman–Crippen LogP) is 1.47. The van der Waals surface area contributed by atoms with Gasteiger partial charge in [0.25, 0.3) is 5.91 Å². The standard InChI is InChI=1S/C12H16ClNO3/c13-11-5-2-1-4-10(11)12(16)14-6-3-8-17-9-7-15/h1-2,4-5,15H,3,6-9H2,(H,14,16). The van der Waals surface area contributed by atoms with Gasteiger partial charge >= 0.3 is 0 Å². The molecule has 1 aromatic carbocycles. The van der Waals surface area contributed by atoms with Crippen molar-refractivity contribution >= 4 is 17.5 Å². The molecule has 0 saturated carbocycles. The van der Waals surface area contributed by atoms with E-state index in [1.54, 1.807) is 24.3 Å². The van der Waals surface area contributed by atoms with E-state index in [9.17, 15) is 4.79 Å². The van der Waals surface area contributed by atoms with Gasteiger partial charge in [0, 0.05) is 13.2 Å². The first-order chi connectivity index (χ1) is 8.25. The lowest BCUT2D eigenvalue weighted by Gasteiger charge is -2.06. The summed E-state index contributed by atoms with van der Waals surface area (Å²) in [6, 6.07) is 6.91. The maximum Gasteiger partial charge on any atom is 0.252 e. The van der Waals surface area contributed by atoms with Crippen molar-refractivity contribution < 1.29 is 14.6 Å². The summed E-state index contributed by atoms with van der Waals surface area (Å²) in [5, 5.41) is 11.7. The second-order valence-electron chi connectivity index (χ2n) is 3.43. The van der Waals surface area contributed by atoms with E-state index in [-0.39, 0.29) is 12.5 Å². The second kappa shape index (κ2) is 8.06. The van der Waals surface area contributed by atoms with Crippen LogP contribution in [0.15, 0.2) is 24.3 Å². The van der Waals surface area contributed by atoms with E-state index < -0.39 is 0 Å². The Morgan fingerprint density at radius 3 is 2.82 bits per heavy atom. The molecule has 1 amide bonds. The SMILES string of the molecule is O=C(NCCCOCCO)c1ccccc1Cl. The molecule has 1 aromatic rings. The smallest absolute Gasteiger partial charge is 0.252 e. The average molecular weight is 258 g/mol. The molecule has 0 spiro atoms. The Morgan fingerprint density at radius 2 is 2.12 bits per heavy atom. The highest BCUT2D eigenvalue weighted by Crippen LogP contribution is 2.14. The van der Waals surface area contributed by atoms with Crippen LogP contribution in [-0.4, -0.2) is 37.4 Å². The molecule has 0 unspecified atom stereocenters. The van der Waals surface area contributed by atoms with E-state index in [1.165, 1.54) is 0 Å². The number of rotatable bonds is 7. The van der Waals surface area contributed by atoms with Gasteiger partial charge in [-0.25, -0.2) is 0 Å². The summed E-state index contributed by atoms with van der Waals surface area (Å²) in [4.78, 5) is 11.7. The highest BCUT2D eigenvalue weighted by atomic mass is 35.5. The van der Waals surface area contributed by atoms with Crippen molar-refractivity contribution in [1.29, 1.82) is 0 Å². The van der Waals surface area contributed by atoms with Gasteiger partial charge in [0.05, 0.1) is 23.8 Å². The average Bonchev–Trinajstić information content (AvgIpc) is 2.34. The maximum absolute atomic E-state index is 11.7. The lowest BCUT2D eigenvalue weighted by molar-refractivity contribution is 0.0867. The van der Waals surface area contributed by atoms with E-state index in [4.69, 9.17) is 21.4 Å². The number of ether oxygens (including phenoxy) is 1. The zero-order valence-corrected chi connectivity index (χ0v) is 10.2. The fraction of sp³-hybridized carbons (Fsp3) is 0.417. The summed E-state index contributed by atoms with van der Waals surface area (Å²) >= 11 is 5.89. The Morgan fingerprint density at radius 1 is 1.35 bits per heavy atom. The number of hydrogen-bond acceptors (Lipinski definition) is 3. The number of benzene rings is 1. The van der Waals surface area contributed by atoms with E-state index in [0.29, 0.717) is 36.8 Å². The van der Waals surface area contributed by atoms with Crippen LogP contribution >= 0.6 is 11.6 Å². The number of amides is 1. The number of aliphatic hydroxyl groups is 1. The van der Waals surface area contributed by atoms with Crippen LogP contribution in [0.4, 0.5) is 0 Å². The lowest BCUT2D eigenvalue weighted by atomic mass is 10.2. The fourth-order valence-corrected chi connectivity index (χ4v) is 1.50. The Kier molecular flexibility index (Phi) is 6.62. The van der Waals surface area contributed by atoms with E-state index in [1.807, 2.05) is 0 Å². The van der Waals surface area contributed by atoms with Gasteiger partial charge in [-0.1, -0.05) is 23.7 Å². The fourth-order valence-electron chi connectivity index (χ4n) is 1.28. The Bertz CT molecular complexity index is 357. The third-order valence-corrected chi connectivity index (χ3v) is 2.43. The Hall–Kier alpha value is -1.10. The van der Waals surface area contributed by atoms with Crippen molar-refractivity contribution in [3.63, 3.8) is 0 Å². The molecule has 2 N–H and O–H groups in total. The predicted molar refractivity (Wildman–Crippen MR) is 66.3 cm³/mol. The molecule has 0 aliphatic carbocycles. The van der Waals surface area contributed by atoms with Crippen LogP contribution in [0, 0.1) is 0 Å². The summed E-state index contributed by atoms with van der Waals surface area (Å²) in [6.07, 6.45) is 0.705. The summed E-state index contributed by atoms with van der Waals surface area (Å²) in [6.45, 7) is 1.39. The van der Waals surface area contributed by atoms with Crippen LogP contribution in [0.3, 0.4) is 0 Å². The topological polar surface area (TPSA) is 58.6 Å². The highest BCUT2D eigenvalue weighted by Gasteiger charge is 2.07. The summed E-state index contributed by atoms with van der Waals surface area (Å²) < 4.78 is 5.07. The van der Waals surface area contributed by atoms with Gasteiger partial charge in [0.1, 0.15) is 0 Å². The largest absolute Gasteiger partial charge is 0.394 e. The van der Waals surface area contributed by atoms with Gasteiger partial charge in [0.15, 0.2) is 0 Å². The number of nitrogens with one attached hydrogen (secondary N) is 1. The second-order valence-corrected chi connectivity index (χ2v) is 3.83. The molecule has 94 valence electrons. The molecule has 1 rings (SSSR count). The summed E-state index contributed by atoms with van der Waals surface area (Å²) in [7, 11) is 0. The van der Waals surface area contributed by atoms with E-state index in [0.717, 1.165) is 0 Å². The van der Waals surface area contributed by atoms with Crippen LogP contribution in [0.5, 0.6) is 0 Å². The number of carbonyl (C=O) groups is 1. The van der Waals surface area contributed by atoms with E-state index in [2.05, 4.69) is 5.32 Å². The van der Waals surface area contributed by atoms with E-state index >= 15 is 0 Å². The van der Waals surface area contributed by atoms with Crippen LogP contribution in [0.25, 0.3) is 0 Å². The third-order valence-electron chi connectivity index (χ3n) is 2.11. The van der Waals surface area contributed by atoms with Crippen molar-refractivity contribution in [2.24, 2.45) is 0 Å². The molecular weight excluding hydrogens is 242 g/mol. The van der Waals surface area contributed by atoms with Gasteiger partial charge in [-0.15, -0.1) is 0 Å². The molecule has 0 radical (unpaired) electrons. The van der Waals surface area contributed by atoms with Crippen molar-refractivity contribution in [3.05, 3.63) is 34.9 Å². The molecule has 0 saturated heterocycles. The normalized spacial score (nSPS) is 10.2. The highest BCUT2D eigenvalue weighted by molar-refractivity contribution is 6.33. The first kappa shape index (κ1) is 14.0. The monoisotopic (exact) mass is 257 g/mol. The molecule has 17 heavy (non-hydrogen) atoms. The van der Waals surface area contributed by atoms with Crippen LogP contribution in [-0.2, 0) is 4.74 Å². The minimum Gasteiger partial charge on any atom is -0.394 e. The molecule has 0 heterocycles. The number of aliphatic hydroxyl groups excluding tert-OH is 1. The first-order valence-electron chi connectivity index (χ1n) is 5.47. The van der Waals surface area contributed by atoms with Gasteiger partial charge in [0.2, 0.25) is 0 Å². The molecule has 0 aliphatic rings. The zero-order valence-electron chi connectivity index (χ0n) is 9.49. The van der Waals surface area contributed by atoms with Gasteiger partial charge in [-0.05, 0) is 18.6 Å². The zero-order chi connectivity index (χ0) is 12.5. The van der Waals surface area contributed by atoms with Crippen molar-refractivity contribution in [1.82, 2.24) is 5.32 Å². The molecule has 0 atom stereocenters. The van der Waals surface area contributed by atoms with Gasteiger partial charge < -0.3 is 15.2 Å². The lowest BCUT2D eigenvalue weighted by Crippen LogP contribution is -2.25. The third kappa shape index (κ3) is 5.17. The summed E-state index contributed by atoms with van der Waals surface area (Å²) in [5.41, 5.74) is 0.477. The Labute approximate surface area is 106 Å². The minimum absolute atomic E-state index is 0.0198. The van der Waals surface area contributed by atoms with Crippen molar-refractivity contribution in [2.45, 2.75) is 6.42 Å². The maximum atomic E-state index is 11.7. The molecule has 0 aliphatic heterocycles. The first-order valence-corrected chi connectivity index (χ1v) is 5.85. The Balaban J connectivity index is 2.24. The summed E-state index contributed by atoms with van der Waals surface area (Å²) in [5.74, 6) is -0.183. The molecule has 4 nitrogen and oxygen atoms in total. The van der Waals surface area contributed by atoms with Crippen molar-refractivity contribution in [3.8, 4) is 0 Å². The number of carbonyl (C=O) groups excluding carboxylic acids is 1. The molecular formula is C12H16ClNO3. The molecule has 0 aromatic heterocycles. The molecule has 0 bridgehead atoms. The molecule has 0 fully saturated rings. The van der Waals surface area contributed by atoms with Crippen LogP contribution in [0.2, 0.25) is 5.02 Å². The quantitative estimate of drug-likeness (QED) is 0.728. The number of halogens is 1. The van der Waals surface area contributed by atoms with Crippen LogP contribution in [0.1, 0.15) is 16.8 Å².